The highest BCUT2D eigenvalue weighted by Gasteiger charge is 2.16. The van der Waals surface area contributed by atoms with Gasteiger partial charge in [0.15, 0.2) is 5.82 Å². The number of nitrogens with one attached hydrogen (secondary N) is 1. The monoisotopic (exact) mass is 348 g/mol. The van der Waals surface area contributed by atoms with E-state index in [-0.39, 0.29) is 10.7 Å². The molecule has 0 fully saturated rings. The highest BCUT2D eigenvalue weighted by atomic mass is 35.5. The Kier molecular flexibility index (Phi) is 4.11. The van der Waals surface area contributed by atoms with E-state index in [2.05, 4.69) is 9.88 Å². The van der Waals surface area contributed by atoms with Gasteiger partial charge in [0.25, 0.3) is 10.0 Å². The number of anilines is 1. The van der Waals surface area contributed by atoms with Crippen molar-refractivity contribution in [3.63, 3.8) is 0 Å². The molecule has 0 radical (unpaired) electrons. The molecule has 0 saturated heterocycles. The van der Waals surface area contributed by atoms with E-state index in [1.54, 1.807) is 25.1 Å². The number of sulfonamides is 1. The molecule has 23 heavy (non-hydrogen) atoms. The lowest BCUT2D eigenvalue weighted by atomic mass is 10.1. The molecule has 0 unspecified atom stereocenters. The maximum Gasteiger partial charge on any atom is 0.263 e. The van der Waals surface area contributed by atoms with Crippen molar-refractivity contribution < 1.29 is 12.9 Å². The molecule has 118 valence electrons. The Hall–Kier alpha value is -2.31. The van der Waals surface area contributed by atoms with Gasteiger partial charge >= 0.3 is 0 Å². The van der Waals surface area contributed by atoms with Crippen molar-refractivity contribution in [1.82, 2.24) is 5.16 Å². The molecule has 5 nitrogen and oxygen atoms in total. The van der Waals surface area contributed by atoms with Crippen molar-refractivity contribution in [1.29, 1.82) is 0 Å². The van der Waals surface area contributed by atoms with Gasteiger partial charge in [-0.2, -0.15) is 0 Å². The Balaban J connectivity index is 1.86. The summed E-state index contributed by atoms with van der Waals surface area (Å²) in [6.45, 7) is 1.69. The molecule has 1 N–H and O–H groups in total. The van der Waals surface area contributed by atoms with Crippen LogP contribution in [0.5, 0.6) is 0 Å². The molecule has 0 aliphatic rings. The molecule has 0 spiro atoms. The van der Waals surface area contributed by atoms with Crippen molar-refractivity contribution in [3.8, 4) is 11.1 Å². The number of nitrogens with zero attached hydrogens (tertiary/aromatic N) is 1. The molecule has 3 rings (SSSR count). The van der Waals surface area contributed by atoms with Gasteiger partial charge < -0.3 is 4.52 Å². The summed E-state index contributed by atoms with van der Waals surface area (Å²) in [7, 11) is -3.71. The van der Waals surface area contributed by atoms with Gasteiger partial charge in [0.1, 0.15) is 5.76 Å². The van der Waals surface area contributed by atoms with Crippen molar-refractivity contribution >= 4 is 27.4 Å². The molecule has 3 aromatic rings. The van der Waals surface area contributed by atoms with Gasteiger partial charge in [-0.1, -0.05) is 41.0 Å². The second kappa shape index (κ2) is 6.06. The summed E-state index contributed by atoms with van der Waals surface area (Å²) in [6.07, 6.45) is 0. The Morgan fingerprint density at radius 1 is 1.04 bits per heavy atom. The van der Waals surface area contributed by atoms with Crippen LogP contribution in [0.15, 0.2) is 64.0 Å². The van der Waals surface area contributed by atoms with Crippen molar-refractivity contribution in [2.75, 3.05) is 4.72 Å². The third-order valence-corrected chi connectivity index (χ3v) is 4.80. The number of hydrogen-bond acceptors (Lipinski definition) is 4. The van der Waals surface area contributed by atoms with Crippen LogP contribution in [0, 0.1) is 6.92 Å². The van der Waals surface area contributed by atoms with Crippen LogP contribution in [0.3, 0.4) is 0 Å². The summed E-state index contributed by atoms with van der Waals surface area (Å²) in [5.74, 6) is 0.681. The first-order valence-corrected chi connectivity index (χ1v) is 8.62. The number of rotatable bonds is 4. The van der Waals surface area contributed by atoms with E-state index in [4.69, 9.17) is 16.1 Å². The number of aryl methyl sites for hydroxylation is 1. The summed E-state index contributed by atoms with van der Waals surface area (Å²) in [6, 6.07) is 15.4. The quantitative estimate of drug-likeness (QED) is 0.770. The molecule has 1 aromatic heterocycles. The second-order valence-corrected chi connectivity index (χ2v) is 7.08. The summed E-state index contributed by atoms with van der Waals surface area (Å²) < 4.78 is 31.8. The molecule has 0 saturated carbocycles. The van der Waals surface area contributed by atoms with Crippen LogP contribution in [0.4, 0.5) is 5.82 Å². The minimum absolute atomic E-state index is 0.143. The van der Waals surface area contributed by atoms with Crippen LogP contribution in [0.1, 0.15) is 5.76 Å². The maximum atomic E-state index is 12.3. The molecule has 0 aliphatic heterocycles. The van der Waals surface area contributed by atoms with Crippen LogP contribution in [0.2, 0.25) is 5.02 Å². The van der Waals surface area contributed by atoms with Gasteiger partial charge in [-0.25, -0.2) is 8.42 Å². The molecule has 2 aromatic carbocycles. The largest absolute Gasteiger partial charge is 0.360 e. The predicted molar refractivity (Wildman–Crippen MR) is 88.9 cm³/mol. The van der Waals surface area contributed by atoms with E-state index >= 15 is 0 Å². The van der Waals surface area contributed by atoms with Crippen molar-refractivity contribution in [3.05, 3.63) is 65.4 Å². The van der Waals surface area contributed by atoms with E-state index in [1.165, 1.54) is 18.2 Å². The van der Waals surface area contributed by atoms with Crippen molar-refractivity contribution in [2.45, 2.75) is 11.8 Å². The minimum atomic E-state index is -3.71. The highest BCUT2D eigenvalue weighted by Crippen LogP contribution is 2.24. The average Bonchev–Trinajstić information content (AvgIpc) is 2.92. The fourth-order valence-corrected chi connectivity index (χ4v) is 3.28. The molecule has 1 heterocycles. The van der Waals surface area contributed by atoms with Gasteiger partial charge in [0.2, 0.25) is 0 Å². The van der Waals surface area contributed by atoms with Crippen LogP contribution in [0.25, 0.3) is 11.1 Å². The molecular weight excluding hydrogens is 336 g/mol. The lowest BCUT2D eigenvalue weighted by molar-refractivity contribution is 0.400. The van der Waals surface area contributed by atoms with Gasteiger partial charge in [-0.15, -0.1) is 0 Å². The van der Waals surface area contributed by atoms with Gasteiger partial charge in [0.05, 0.1) is 4.90 Å². The fourth-order valence-electron chi connectivity index (χ4n) is 2.11. The Labute approximate surface area is 138 Å². The zero-order valence-corrected chi connectivity index (χ0v) is 13.7. The van der Waals surface area contributed by atoms with E-state index in [9.17, 15) is 8.42 Å². The third kappa shape index (κ3) is 3.55. The minimum Gasteiger partial charge on any atom is -0.360 e. The normalized spacial score (nSPS) is 11.4. The number of hydrogen-bond donors (Lipinski definition) is 1. The first-order valence-electron chi connectivity index (χ1n) is 6.76. The van der Waals surface area contributed by atoms with Crippen LogP contribution < -0.4 is 4.72 Å². The molecular formula is C16H13ClN2O3S. The van der Waals surface area contributed by atoms with Crippen molar-refractivity contribution in [2.24, 2.45) is 0 Å². The fraction of sp³-hybridized carbons (Fsp3) is 0.0625. The first kappa shape index (κ1) is 15.6. The molecule has 7 heteroatoms. The summed E-state index contributed by atoms with van der Waals surface area (Å²) in [5, 5.41) is 4.25. The zero-order chi connectivity index (χ0) is 16.4. The molecule has 0 amide bonds. The van der Waals surface area contributed by atoms with Crippen LogP contribution in [-0.2, 0) is 10.0 Å². The van der Waals surface area contributed by atoms with E-state index in [0.29, 0.717) is 10.8 Å². The summed E-state index contributed by atoms with van der Waals surface area (Å²) >= 11 is 5.97. The summed E-state index contributed by atoms with van der Waals surface area (Å²) in [5.41, 5.74) is 1.80. The Morgan fingerprint density at radius 3 is 2.39 bits per heavy atom. The second-order valence-electron chi connectivity index (χ2n) is 4.96. The van der Waals surface area contributed by atoms with E-state index in [0.717, 1.165) is 11.1 Å². The number of aromatic nitrogens is 1. The average molecular weight is 349 g/mol. The van der Waals surface area contributed by atoms with E-state index < -0.39 is 10.0 Å². The molecule has 0 bridgehead atoms. The van der Waals surface area contributed by atoms with E-state index in [1.807, 2.05) is 18.2 Å². The standard InChI is InChI=1S/C16H13ClN2O3S/c1-11-9-16(18-22-11)19-23(20,21)15-7-5-12(6-8-15)13-3-2-4-14(17)10-13/h2-10H,1H3,(H,18,19). The predicted octanol–water partition coefficient (Wildman–Crippen LogP) is 4.10. The van der Waals surface area contributed by atoms with Gasteiger partial charge in [-0.05, 0) is 42.3 Å². The number of halogens is 1. The van der Waals surface area contributed by atoms with Crippen LogP contribution >= 0.6 is 11.6 Å². The SMILES string of the molecule is Cc1cc(NS(=O)(=O)c2ccc(-c3cccc(Cl)c3)cc2)no1. The Morgan fingerprint density at radius 2 is 1.78 bits per heavy atom. The summed E-state index contributed by atoms with van der Waals surface area (Å²) in [4.78, 5) is 0.143. The van der Waals surface area contributed by atoms with Gasteiger partial charge in [0, 0.05) is 11.1 Å². The molecule has 0 aliphatic carbocycles. The van der Waals surface area contributed by atoms with Gasteiger partial charge in [-0.3, -0.25) is 4.72 Å². The lowest BCUT2D eigenvalue weighted by Crippen LogP contribution is -2.12. The first-order chi connectivity index (χ1) is 10.9. The smallest absolute Gasteiger partial charge is 0.263 e. The topological polar surface area (TPSA) is 72.2 Å². The Bertz CT molecular complexity index is 934. The lowest BCUT2D eigenvalue weighted by Gasteiger charge is -2.07. The zero-order valence-electron chi connectivity index (χ0n) is 12.2. The number of benzene rings is 2. The molecule has 0 atom stereocenters. The van der Waals surface area contributed by atoms with Crippen LogP contribution in [-0.4, -0.2) is 13.6 Å². The third-order valence-electron chi connectivity index (χ3n) is 3.19. The maximum absolute atomic E-state index is 12.3. The highest BCUT2D eigenvalue weighted by molar-refractivity contribution is 7.92.